The molecule has 0 bridgehead atoms. The van der Waals surface area contributed by atoms with E-state index in [0.717, 1.165) is 22.9 Å². The lowest BCUT2D eigenvalue weighted by molar-refractivity contribution is -0.137. The molecule has 1 amide bonds. The minimum Gasteiger partial charge on any atom is -0.496 e. The van der Waals surface area contributed by atoms with Crippen molar-refractivity contribution in [1.82, 2.24) is 0 Å². The second-order valence-electron chi connectivity index (χ2n) is 5.43. The predicted octanol–water partition coefficient (Wildman–Crippen LogP) is 5.12. The van der Waals surface area contributed by atoms with Crippen molar-refractivity contribution in [3.8, 4) is 5.75 Å². The van der Waals surface area contributed by atoms with Crippen LogP contribution in [0.25, 0.3) is 10.8 Å². The van der Waals surface area contributed by atoms with Crippen LogP contribution in [0.1, 0.15) is 15.9 Å². The maximum absolute atomic E-state index is 12.8. The summed E-state index contributed by atoms with van der Waals surface area (Å²) in [5.74, 6) is -0.190. The first-order chi connectivity index (χ1) is 11.9. The van der Waals surface area contributed by atoms with Gasteiger partial charge in [-0.1, -0.05) is 30.3 Å². The van der Waals surface area contributed by atoms with Crippen LogP contribution in [-0.2, 0) is 6.18 Å². The summed E-state index contributed by atoms with van der Waals surface area (Å²) in [6.45, 7) is 0. The highest BCUT2D eigenvalue weighted by atomic mass is 19.4. The molecule has 6 heteroatoms. The number of fused-ring (bicyclic) bond motifs is 1. The predicted molar refractivity (Wildman–Crippen MR) is 89.9 cm³/mol. The number of ether oxygens (including phenoxy) is 1. The number of hydrogen-bond donors (Lipinski definition) is 1. The number of amides is 1. The van der Waals surface area contributed by atoms with Gasteiger partial charge in [0.25, 0.3) is 5.91 Å². The van der Waals surface area contributed by atoms with Crippen LogP contribution in [0.5, 0.6) is 5.75 Å². The lowest BCUT2D eigenvalue weighted by Gasteiger charge is -2.12. The molecule has 25 heavy (non-hydrogen) atoms. The lowest BCUT2D eigenvalue weighted by Crippen LogP contribution is -2.14. The first kappa shape index (κ1) is 16.8. The Labute approximate surface area is 142 Å². The Bertz CT molecular complexity index is 935. The van der Waals surface area contributed by atoms with Crippen molar-refractivity contribution in [3.63, 3.8) is 0 Å². The summed E-state index contributed by atoms with van der Waals surface area (Å²) in [7, 11) is 1.44. The number of nitrogens with one attached hydrogen (secondary N) is 1. The Morgan fingerprint density at radius 3 is 2.28 bits per heavy atom. The smallest absolute Gasteiger partial charge is 0.416 e. The molecular weight excluding hydrogens is 331 g/mol. The number of carbonyl (C=O) groups excluding carboxylic acids is 1. The molecule has 128 valence electrons. The zero-order valence-electron chi connectivity index (χ0n) is 13.2. The molecule has 0 aromatic heterocycles. The molecule has 0 aliphatic rings. The normalized spacial score (nSPS) is 11.4. The topological polar surface area (TPSA) is 38.3 Å². The highest BCUT2D eigenvalue weighted by molar-refractivity contribution is 6.08. The van der Waals surface area contributed by atoms with E-state index in [1.807, 2.05) is 24.3 Å². The van der Waals surface area contributed by atoms with Crippen LogP contribution in [0.3, 0.4) is 0 Å². The van der Waals surface area contributed by atoms with Crippen LogP contribution >= 0.6 is 0 Å². The highest BCUT2D eigenvalue weighted by Gasteiger charge is 2.30. The summed E-state index contributed by atoms with van der Waals surface area (Å²) in [5, 5.41) is 4.22. The van der Waals surface area contributed by atoms with Crippen LogP contribution in [0, 0.1) is 0 Å². The molecule has 0 atom stereocenters. The fourth-order valence-corrected chi connectivity index (χ4v) is 2.54. The van der Waals surface area contributed by atoms with Crippen molar-refractivity contribution in [3.05, 3.63) is 71.8 Å². The third-order valence-electron chi connectivity index (χ3n) is 3.76. The molecule has 0 spiro atoms. The summed E-state index contributed by atoms with van der Waals surface area (Å²) in [6.07, 6.45) is -4.47. The van der Waals surface area contributed by atoms with E-state index in [9.17, 15) is 18.0 Å². The van der Waals surface area contributed by atoms with Gasteiger partial charge < -0.3 is 10.1 Å². The molecule has 0 saturated heterocycles. The van der Waals surface area contributed by atoms with Gasteiger partial charge in [-0.2, -0.15) is 13.2 Å². The van der Waals surface area contributed by atoms with E-state index in [0.29, 0.717) is 5.75 Å². The summed E-state index contributed by atoms with van der Waals surface area (Å²) in [4.78, 5) is 12.5. The first-order valence-electron chi connectivity index (χ1n) is 7.44. The number of hydrogen-bond acceptors (Lipinski definition) is 2. The molecule has 3 aromatic carbocycles. The minimum absolute atomic E-state index is 0.0648. The molecule has 0 fully saturated rings. The largest absolute Gasteiger partial charge is 0.496 e. The Hall–Kier alpha value is -3.02. The van der Waals surface area contributed by atoms with E-state index in [4.69, 9.17) is 4.74 Å². The van der Waals surface area contributed by atoms with E-state index >= 15 is 0 Å². The molecule has 0 aliphatic heterocycles. The SMILES string of the molecule is COc1cc2ccccc2cc1C(=O)Nc1cccc(C(F)(F)F)c1. The fourth-order valence-electron chi connectivity index (χ4n) is 2.54. The van der Waals surface area contributed by atoms with Gasteiger partial charge in [0.05, 0.1) is 18.2 Å². The molecular formula is C19H14F3NO2. The Morgan fingerprint density at radius 2 is 1.64 bits per heavy atom. The van der Waals surface area contributed by atoms with Crippen molar-refractivity contribution in [2.75, 3.05) is 12.4 Å². The first-order valence-corrected chi connectivity index (χ1v) is 7.44. The van der Waals surface area contributed by atoms with Crippen molar-refractivity contribution in [1.29, 1.82) is 0 Å². The van der Waals surface area contributed by atoms with E-state index in [1.165, 1.54) is 19.2 Å². The van der Waals surface area contributed by atoms with Crippen LogP contribution in [0.4, 0.5) is 18.9 Å². The number of rotatable bonds is 3. The van der Waals surface area contributed by atoms with Crippen LogP contribution in [0.15, 0.2) is 60.7 Å². The molecule has 3 nitrogen and oxygen atoms in total. The molecule has 0 aliphatic carbocycles. The third kappa shape index (κ3) is 3.57. The lowest BCUT2D eigenvalue weighted by atomic mass is 10.1. The standard InChI is InChI=1S/C19H14F3NO2/c1-25-17-10-13-6-3-2-5-12(13)9-16(17)18(24)23-15-8-4-7-14(11-15)19(20,21)22/h2-11H,1H3,(H,23,24). The summed E-state index contributed by atoms with van der Waals surface area (Å²) in [6, 6.07) is 15.3. The van der Waals surface area contributed by atoms with Gasteiger partial charge in [0, 0.05) is 5.69 Å². The molecule has 0 saturated carbocycles. The number of anilines is 1. The van der Waals surface area contributed by atoms with Crippen molar-refractivity contribution in [2.45, 2.75) is 6.18 Å². The second-order valence-corrected chi connectivity index (χ2v) is 5.43. The van der Waals surface area contributed by atoms with Gasteiger partial charge in [-0.05, 0) is 41.1 Å². The fraction of sp³-hybridized carbons (Fsp3) is 0.105. The Kier molecular flexibility index (Phi) is 4.35. The molecule has 1 N–H and O–H groups in total. The minimum atomic E-state index is -4.47. The number of halogens is 3. The molecule has 3 rings (SSSR count). The van der Waals surface area contributed by atoms with Crippen molar-refractivity contribution in [2.24, 2.45) is 0 Å². The zero-order chi connectivity index (χ0) is 18.0. The average molecular weight is 345 g/mol. The van der Waals surface area contributed by atoms with Gasteiger partial charge in [-0.15, -0.1) is 0 Å². The molecule has 0 unspecified atom stereocenters. The van der Waals surface area contributed by atoms with E-state index in [1.54, 1.807) is 12.1 Å². The number of methoxy groups -OCH3 is 1. The van der Waals surface area contributed by atoms with Crippen LogP contribution in [-0.4, -0.2) is 13.0 Å². The van der Waals surface area contributed by atoms with E-state index < -0.39 is 17.6 Å². The van der Waals surface area contributed by atoms with Crippen molar-refractivity contribution >= 4 is 22.4 Å². The van der Waals surface area contributed by atoms with Gasteiger partial charge in [0.15, 0.2) is 0 Å². The number of carbonyl (C=O) groups is 1. The summed E-state index contributed by atoms with van der Waals surface area (Å²) in [5.41, 5.74) is -0.510. The zero-order valence-corrected chi connectivity index (χ0v) is 13.2. The third-order valence-corrected chi connectivity index (χ3v) is 3.76. The van der Waals surface area contributed by atoms with Crippen LogP contribution < -0.4 is 10.1 Å². The van der Waals surface area contributed by atoms with Crippen LogP contribution in [0.2, 0.25) is 0 Å². The molecule has 0 heterocycles. The van der Waals surface area contributed by atoms with Gasteiger partial charge in [-0.3, -0.25) is 4.79 Å². The van der Waals surface area contributed by atoms with Gasteiger partial charge >= 0.3 is 6.18 Å². The summed E-state index contributed by atoms with van der Waals surface area (Å²) >= 11 is 0. The quantitative estimate of drug-likeness (QED) is 0.715. The molecule has 3 aromatic rings. The van der Waals surface area contributed by atoms with Gasteiger partial charge in [0.1, 0.15) is 5.75 Å². The maximum Gasteiger partial charge on any atom is 0.416 e. The second kappa shape index (κ2) is 6.47. The van der Waals surface area contributed by atoms with E-state index in [2.05, 4.69) is 5.32 Å². The summed E-state index contributed by atoms with van der Waals surface area (Å²) < 4.78 is 43.6. The number of benzene rings is 3. The maximum atomic E-state index is 12.8. The van der Waals surface area contributed by atoms with Gasteiger partial charge in [-0.25, -0.2) is 0 Å². The monoisotopic (exact) mass is 345 g/mol. The van der Waals surface area contributed by atoms with Gasteiger partial charge in [0.2, 0.25) is 0 Å². The van der Waals surface area contributed by atoms with E-state index in [-0.39, 0.29) is 11.3 Å². The number of alkyl halides is 3. The van der Waals surface area contributed by atoms with Crippen molar-refractivity contribution < 1.29 is 22.7 Å². The Balaban J connectivity index is 1.95. The highest BCUT2D eigenvalue weighted by Crippen LogP contribution is 2.31. The average Bonchev–Trinajstić information content (AvgIpc) is 2.60. The Morgan fingerprint density at radius 1 is 0.960 bits per heavy atom. The molecule has 0 radical (unpaired) electrons.